The largest absolute Gasteiger partial charge is 0.281 e. The maximum atomic E-state index is 4.75. The molecule has 162 valence electrons. The lowest BCUT2D eigenvalue weighted by Crippen LogP contribution is -2.20. The Bertz CT molecular complexity index is 670. The molecule has 1 heterocycles. The predicted molar refractivity (Wildman–Crippen MR) is 136 cm³/mol. The molecular weight excluding hydrogens is 372 g/mol. The van der Waals surface area contributed by atoms with Crippen molar-refractivity contribution in [3.8, 4) is 0 Å². The Balaban J connectivity index is 0.00000184. The minimum Gasteiger partial charge on any atom is -0.281 e. The topological polar surface area (TPSA) is 15.6 Å². The van der Waals surface area contributed by atoms with E-state index < -0.39 is 0 Å². The van der Waals surface area contributed by atoms with Crippen LogP contribution in [0.25, 0.3) is 5.57 Å². The van der Waals surface area contributed by atoms with Crippen LogP contribution in [0.1, 0.15) is 78.9 Å². The lowest BCUT2D eigenvalue weighted by Gasteiger charge is -2.18. The summed E-state index contributed by atoms with van der Waals surface area (Å²) in [4.78, 5) is 0. The lowest BCUT2D eigenvalue weighted by atomic mass is 10.0. The third-order valence-electron chi connectivity index (χ3n) is 4.66. The normalized spacial score (nSPS) is 16.7. The lowest BCUT2D eigenvalue weighted by molar-refractivity contribution is 0.368. The first-order chi connectivity index (χ1) is 14.0. The van der Waals surface area contributed by atoms with Gasteiger partial charge in [-0.05, 0) is 48.8 Å². The third kappa shape index (κ3) is 8.65. The van der Waals surface area contributed by atoms with Crippen LogP contribution in [0.3, 0.4) is 0 Å². The van der Waals surface area contributed by atoms with Crippen LogP contribution >= 0.6 is 11.8 Å². The van der Waals surface area contributed by atoms with Crippen LogP contribution in [-0.2, 0) is 0 Å². The van der Waals surface area contributed by atoms with Crippen molar-refractivity contribution < 1.29 is 0 Å². The molecule has 1 aromatic carbocycles. The van der Waals surface area contributed by atoms with Crippen LogP contribution in [-0.4, -0.2) is 22.5 Å². The maximum Gasteiger partial charge on any atom is 0.126 e. The molecule has 0 aromatic heterocycles. The van der Waals surface area contributed by atoms with Crippen molar-refractivity contribution in [2.75, 3.05) is 7.05 Å². The van der Waals surface area contributed by atoms with Crippen LogP contribution in [0.2, 0.25) is 0 Å². The van der Waals surface area contributed by atoms with E-state index in [0.29, 0.717) is 11.3 Å². The Labute approximate surface area is 184 Å². The number of hydrogen-bond acceptors (Lipinski definition) is 3. The number of thioether (sulfide) groups is 1. The molecule has 0 radical (unpaired) electrons. The van der Waals surface area contributed by atoms with E-state index in [9.17, 15) is 0 Å². The molecule has 0 saturated carbocycles. The monoisotopic (exact) mass is 414 g/mol. The zero-order valence-electron chi connectivity index (χ0n) is 20.0. The highest BCUT2D eigenvalue weighted by Gasteiger charge is 2.26. The molecule has 0 spiro atoms. The molecule has 0 N–H and O–H groups in total. The molecule has 2 rings (SSSR count). The van der Waals surface area contributed by atoms with Gasteiger partial charge in [0.15, 0.2) is 0 Å². The van der Waals surface area contributed by atoms with Crippen molar-refractivity contribution in [2.45, 2.75) is 73.1 Å². The second-order valence-electron chi connectivity index (χ2n) is 6.72. The highest BCUT2D eigenvalue weighted by atomic mass is 32.2. The fourth-order valence-corrected chi connectivity index (χ4v) is 3.90. The first-order valence-corrected chi connectivity index (χ1v) is 11.9. The summed E-state index contributed by atoms with van der Waals surface area (Å²) in [5, 5.41) is 8.20. The minimum absolute atomic E-state index is 0.291. The van der Waals surface area contributed by atoms with E-state index in [1.165, 1.54) is 22.3 Å². The Hall–Kier alpha value is -1.74. The average molecular weight is 415 g/mol. The van der Waals surface area contributed by atoms with Crippen LogP contribution in [0.5, 0.6) is 0 Å². The molecule has 0 bridgehead atoms. The summed E-state index contributed by atoms with van der Waals surface area (Å²) in [7, 11) is 2.06. The molecule has 2 atom stereocenters. The van der Waals surface area contributed by atoms with Crippen LogP contribution in [0.15, 0.2) is 60.2 Å². The molecular formula is C26H42N2S. The Morgan fingerprint density at radius 2 is 1.79 bits per heavy atom. The first kappa shape index (κ1) is 27.3. The van der Waals surface area contributed by atoms with Gasteiger partial charge in [-0.15, -0.1) is 6.58 Å². The van der Waals surface area contributed by atoms with Gasteiger partial charge in [-0.1, -0.05) is 96.3 Å². The van der Waals surface area contributed by atoms with E-state index in [2.05, 4.69) is 76.3 Å². The summed E-state index contributed by atoms with van der Waals surface area (Å²) in [5.41, 5.74) is 4.95. The molecule has 2 nitrogen and oxygen atoms in total. The Morgan fingerprint density at radius 1 is 1.21 bits per heavy atom. The molecule has 0 aliphatic carbocycles. The molecule has 0 saturated heterocycles. The molecule has 3 heteroatoms. The Kier molecular flexibility index (Phi) is 14.2. The second kappa shape index (κ2) is 15.1. The van der Waals surface area contributed by atoms with Crippen molar-refractivity contribution in [2.24, 2.45) is 11.0 Å². The molecule has 1 aromatic rings. The van der Waals surface area contributed by atoms with Gasteiger partial charge in [0.1, 0.15) is 10.4 Å². The van der Waals surface area contributed by atoms with Crippen molar-refractivity contribution >= 4 is 22.4 Å². The standard InChI is InChI=1S/C22H30N2S.2C2H6/c1-7-16(3)10-9-11-18(5)22-24(6)23-21(25-22)20-14-12-19(13-15-20)17(4)8-2;2*1-2/h7,11-16,22H,1,4,8-10H2,2-3,5-6H3;2*1-2H3/b18-11+;;. The zero-order valence-corrected chi connectivity index (χ0v) is 20.8. The molecule has 0 amide bonds. The quantitative estimate of drug-likeness (QED) is 0.397. The number of hydrazone groups is 1. The number of nitrogens with zero attached hydrogens (tertiary/aromatic N) is 2. The number of likely N-dealkylation sites (N-methyl/N-ethyl adjacent to an activating group) is 1. The Morgan fingerprint density at radius 3 is 2.31 bits per heavy atom. The molecule has 0 fully saturated rings. The third-order valence-corrected chi connectivity index (χ3v) is 6.10. The summed E-state index contributed by atoms with van der Waals surface area (Å²) in [6, 6.07) is 8.61. The summed E-state index contributed by atoms with van der Waals surface area (Å²) in [6.45, 7) is 22.5. The first-order valence-electron chi connectivity index (χ1n) is 11.0. The van der Waals surface area contributed by atoms with Crippen LogP contribution in [0.4, 0.5) is 0 Å². The molecule has 29 heavy (non-hydrogen) atoms. The van der Waals surface area contributed by atoms with Crippen molar-refractivity contribution in [3.05, 3.63) is 66.3 Å². The predicted octanol–water partition coefficient (Wildman–Crippen LogP) is 8.38. The summed E-state index contributed by atoms with van der Waals surface area (Å²) in [5.74, 6) is 0.571. The van der Waals surface area contributed by atoms with Crippen molar-refractivity contribution in [1.82, 2.24) is 5.01 Å². The molecule has 1 aliphatic heterocycles. The van der Waals surface area contributed by atoms with Gasteiger partial charge in [0.25, 0.3) is 0 Å². The second-order valence-corrected chi connectivity index (χ2v) is 7.79. The van der Waals surface area contributed by atoms with E-state index in [1.807, 2.05) is 45.5 Å². The molecule has 1 aliphatic rings. The van der Waals surface area contributed by atoms with E-state index in [4.69, 9.17) is 5.10 Å². The van der Waals surface area contributed by atoms with E-state index in [0.717, 1.165) is 24.3 Å². The average Bonchev–Trinajstić information content (AvgIpc) is 3.17. The van der Waals surface area contributed by atoms with Gasteiger partial charge < -0.3 is 0 Å². The molecule has 2 unspecified atom stereocenters. The van der Waals surface area contributed by atoms with Gasteiger partial charge >= 0.3 is 0 Å². The van der Waals surface area contributed by atoms with Crippen LogP contribution < -0.4 is 0 Å². The van der Waals surface area contributed by atoms with Crippen molar-refractivity contribution in [1.29, 1.82) is 0 Å². The van der Waals surface area contributed by atoms with Gasteiger partial charge in [-0.25, -0.2) is 0 Å². The number of benzene rings is 1. The minimum atomic E-state index is 0.291. The zero-order chi connectivity index (χ0) is 22.4. The van der Waals surface area contributed by atoms with Gasteiger partial charge in [0, 0.05) is 12.6 Å². The maximum absolute atomic E-state index is 4.75. The van der Waals surface area contributed by atoms with Crippen LogP contribution in [0, 0.1) is 5.92 Å². The number of rotatable bonds is 8. The van der Waals surface area contributed by atoms with Gasteiger partial charge in [0.2, 0.25) is 0 Å². The van der Waals surface area contributed by atoms with Gasteiger partial charge in [-0.3, -0.25) is 5.01 Å². The fourth-order valence-electron chi connectivity index (χ4n) is 2.76. The van der Waals surface area contributed by atoms with Gasteiger partial charge in [-0.2, -0.15) is 5.10 Å². The van der Waals surface area contributed by atoms with E-state index in [-0.39, 0.29) is 0 Å². The highest BCUT2D eigenvalue weighted by Crippen LogP contribution is 2.33. The number of allylic oxidation sites excluding steroid dienone is 3. The van der Waals surface area contributed by atoms with Crippen molar-refractivity contribution in [3.63, 3.8) is 0 Å². The summed E-state index contributed by atoms with van der Waals surface area (Å²) >= 11 is 1.83. The SMILES string of the molecule is C=CC(C)CC/C=C(\C)C1SC(c2ccc(C(=C)CC)cc2)=NN1C.CC.CC. The summed E-state index contributed by atoms with van der Waals surface area (Å²) < 4.78 is 0. The van der Waals surface area contributed by atoms with E-state index in [1.54, 1.807) is 0 Å². The number of hydrogen-bond donors (Lipinski definition) is 0. The van der Waals surface area contributed by atoms with E-state index >= 15 is 0 Å². The highest BCUT2D eigenvalue weighted by molar-refractivity contribution is 8.15. The summed E-state index contributed by atoms with van der Waals surface area (Å²) in [6.07, 6.45) is 7.60. The fraction of sp³-hybridized carbons (Fsp3) is 0.500. The smallest absolute Gasteiger partial charge is 0.126 e. The van der Waals surface area contributed by atoms with Gasteiger partial charge in [0.05, 0.1) is 0 Å².